The van der Waals surface area contributed by atoms with E-state index in [0.29, 0.717) is 30.3 Å². The summed E-state index contributed by atoms with van der Waals surface area (Å²) in [7, 11) is -4.24. The Hall–Kier alpha value is -3.56. The number of rotatable bonds is 15. The second kappa shape index (κ2) is 15.4. The minimum absolute atomic E-state index is 0.0278. The molecule has 0 unspecified atom stereocenters. The topological polar surface area (TPSA) is 96.0 Å². The van der Waals surface area contributed by atoms with E-state index in [-0.39, 0.29) is 23.0 Å². The van der Waals surface area contributed by atoms with Gasteiger partial charge < -0.3 is 15.0 Å². The number of nitrogens with zero attached hydrogens (tertiary/aromatic N) is 2. The molecule has 1 atom stereocenters. The molecule has 0 saturated carbocycles. The largest absolute Gasteiger partial charge is 0.492 e. The van der Waals surface area contributed by atoms with E-state index in [2.05, 4.69) is 5.32 Å². The highest BCUT2D eigenvalue weighted by Gasteiger charge is 2.34. The zero-order valence-electron chi connectivity index (χ0n) is 23.8. The van der Waals surface area contributed by atoms with Crippen molar-refractivity contribution in [3.8, 4) is 5.75 Å². The molecule has 0 spiro atoms. The summed E-state index contributed by atoms with van der Waals surface area (Å²) >= 11 is 6.03. The molecule has 3 aromatic rings. The van der Waals surface area contributed by atoms with Gasteiger partial charge in [0.25, 0.3) is 10.0 Å². The Labute approximate surface area is 248 Å². The molecule has 2 amide bonds. The Morgan fingerprint density at radius 1 is 0.927 bits per heavy atom. The first kappa shape index (κ1) is 32.0. The standard InChI is InChI=1S/C31H38ClN3O5S/c1-4-7-21-33-31(37)27(5-2)34(22-24-13-9-8-10-14-24)30(36)23-35(28-15-11-12-16-29(28)40-6-3)41(38,39)26-19-17-25(32)18-20-26/h8-20,27H,4-7,21-23H2,1-3H3,(H,33,37)/t27-/m1/s1. The fourth-order valence-electron chi connectivity index (χ4n) is 4.39. The molecular formula is C31H38ClN3O5S. The van der Waals surface area contributed by atoms with Crippen molar-refractivity contribution in [3.63, 3.8) is 0 Å². The normalized spacial score (nSPS) is 11.9. The first-order valence-electron chi connectivity index (χ1n) is 13.8. The van der Waals surface area contributed by atoms with Crippen molar-refractivity contribution in [1.82, 2.24) is 10.2 Å². The molecule has 220 valence electrons. The van der Waals surface area contributed by atoms with Crippen LogP contribution in [0.15, 0.2) is 83.8 Å². The van der Waals surface area contributed by atoms with E-state index in [0.717, 1.165) is 22.7 Å². The number of para-hydroxylation sites is 2. The number of hydrogen-bond acceptors (Lipinski definition) is 5. The number of sulfonamides is 1. The van der Waals surface area contributed by atoms with Crippen LogP contribution in [0.1, 0.15) is 45.6 Å². The molecule has 0 aliphatic rings. The van der Waals surface area contributed by atoms with Crippen molar-refractivity contribution in [2.24, 2.45) is 0 Å². The molecule has 10 heteroatoms. The highest BCUT2D eigenvalue weighted by molar-refractivity contribution is 7.92. The van der Waals surface area contributed by atoms with Gasteiger partial charge in [-0.3, -0.25) is 13.9 Å². The lowest BCUT2D eigenvalue weighted by molar-refractivity contribution is -0.140. The van der Waals surface area contributed by atoms with Gasteiger partial charge in [-0.15, -0.1) is 0 Å². The minimum atomic E-state index is -4.24. The van der Waals surface area contributed by atoms with E-state index < -0.39 is 28.5 Å². The van der Waals surface area contributed by atoms with Crippen molar-refractivity contribution >= 4 is 39.1 Å². The van der Waals surface area contributed by atoms with Crippen molar-refractivity contribution in [3.05, 3.63) is 89.4 Å². The molecule has 3 aromatic carbocycles. The number of ether oxygens (including phenoxy) is 1. The van der Waals surface area contributed by atoms with Gasteiger partial charge in [0.1, 0.15) is 18.3 Å². The maximum absolute atomic E-state index is 14.1. The Bertz CT molecular complexity index is 1380. The summed E-state index contributed by atoms with van der Waals surface area (Å²) < 4.78 is 34.9. The van der Waals surface area contributed by atoms with Crippen LogP contribution in [0.2, 0.25) is 5.02 Å². The highest BCUT2D eigenvalue weighted by atomic mass is 35.5. The summed E-state index contributed by atoms with van der Waals surface area (Å²) in [5.74, 6) is -0.471. The second-order valence-electron chi connectivity index (χ2n) is 9.44. The monoisotopic (exact) mass is 599 g/mol. The predicted molar refractivity (Wildman–Crippen MR) is 163 cm³/mol. The molecule has 1 N–H and O–H groups in total. The summed E-state index contributed by atoms with van der Waals surface area (Å²) in [5.41, 5.74) is 1.04. The maximum atomic E-state index is 14.1. The average Bonchev–Trinajstić information content (AvgIpc) is 2.97. The van der Waals surface area contributed by atoms with Gasteiger partial charge in [0.05, 0.1) is 17.2 Å². The molecule has 0 aliphatic heterocycles. The third kappa shape index (κ3) is 8.47. The molecule has 0 bridgehead atoms. The third-order valence-corrected chi connectivity index (χ3v) is 8.55. The van der Waals surface area contributed by atoms with E-state index in [9.17, 15) is 18.0 Å². The van der Waals surface area contributed by atoms with Crippen LogP contribution in [0.25, 0.3) is 0 Å². The lowest BCUT2D eigenvalue weighted by Gasteiger charge is -2.33. The van der Waals surface area contributed by atoms with Crippen LogP contribution in [0.5, 0.6) is 5.75 Å². The molecule has 8 nitrogen and oxygen atoms in total. The smallest absolute Gasteiger partial charge is 0.264 e. The lowest BCUT2D eigenvalue weighted by Crippen LogP contribution is -2.52. The first-order chi connectivity index (χ1) is 19.7. The fourth-order valence-corrected chi connectivity index (χ4v) is 5.94. The number of amides is 2. The molecule has 0 heterocycles. The molecule has 0 aliphatic carbocycles. The number of unbranched alkanes of at least 4 members (excludes halogenated alkanes) is 1. The van der Waals surface area contributed by atoms with Crippen LogP contribution in [0, 0.1) is 0 Å². The SMILES string of the molecule is CCCCNC(=O)[C@@H](CC)N(Cc1ccccc1)C(=O)CN(c1ccccc1OCC)S(=O)(=O)c1ccc(Cl)cc1. The van der Waals surface area contributed by atoms with Gasteiger partial charge >= 0.3 is 0 Å². The van der Waals surface area contributed by atoms with Gasteiger partial charge in [0.2, 0.25) is 11.8 Å². The number of nitrogens with one attached hydrogen (secondary N) is 1. The molecule has 0 fully saturated rings. The van der Waals surface area contributed by atoms with Gasteiger partial charge in [0.15, 0.2) is 0 Å². The predicted octanol–water partition coefficient (Wildman–Crippen LogP) is 5.66. The number of carbonyl (C=O) groups is 2. The van der Waals surface area contributed by atoms with E-state index in [1.807, 2.05) is 44.2 Å². The van der Waals surface area contributed by atoms with Gasteiger partial charge in [-0.05, 0) is 61.7 Å². The van der Waals surface area contributed by atoms with Crippen molar-refractivity contribution in [2.75, 3.05) is 24.0 Å². The van der Waals surface area contributed by atoms with Crippen LogP contribution < -0.4 is 14.4 Å². The number of anilines is 1. The van der Waals surface area contributed by atoms with Crippen LogP contribution in [-0.4, -0.2) is 50.9 Å². The van der Waals surface area contributed by atoms with E-state index in [1.165, 1.54) is 29.2 Å². The van der Waals surface area contributed by atoms with E-state index >= 15 is 0 Å². The zero-order valence-corrected chi connectivity index (χ0v) is 25.3. The second-order valence-corrected chi connectivity index (χ2v) is 11.7. The molecule has 3 rings (SSSR count). The molecule has 0 radical (unpaired) electrons. The third-order valence-electron chi connectivity index (χ3n) is 6.53. The molecular weight excluding hydrogens is 562 g/mol. The van der Waals surface area contributed by atoms with Gasteiger partial charge in [-0.2, -0.15) is 0 Å². The van der Waals surface area contributed by atoms with Crippen LogP contribution in [0.4, 0.5) is 5.69 Å². The van der Waals surface area contributed by atoms with E-state index in [1.54, 1.807) is 31.2 Å². The van der Waals surface area contributed by atoms with Crippen LogP contribution in [0.3, 0.4) is 0 Å². The molecule has 41 heavy (non-hydrogen) atoms. The number of halogens is 1. The van der Waals surface area contributed by atoms with Gasteiger partial charge in [-0.25, -0.2) is 8.42 Å². The molecule has 0 aromatic heterocycles. The quantitative estimate of drug-likeness (QED) is 0.228. The summed E-state index contributed by atoms with van der Waals surface area (Å²) in [6.07, 6.45) is 2.09. The van der Waals surface area contributed by atoms with Gasteiger partial charge in [-0.1, -0.05) is 74.3 Å². The minimum Gasteiger partial charge on any atom is -0.492 e. The fraction of sp³-hybridized carbons (Fsp3) is 0.355. The summed E-state index contributed by atoms with van der Waals surface area (Å²) in [5, 5.41) is 3.32. The molecule has 0 saturated heterocycles. The van der Waals surface area contributed by atoms with E-state index in [4.69, 9.17) is 16.3 Å². The number of benzene rings is 3. The van der Waals surface area contributed by atoms with Crippen molar-refractivity contribution in [2.45, 2.75) is 57.5 Å². The lowest BCUT2D eigenvalue weighted by atomic mass is 10.1. The van der Waals surface area contributed by atoms with Crippen LogP contribution >= 0.6 is 11.6 Å². The average molecular weight is 600 g/mol. The Morgan fingerprint density at radius 3 is 2.22 bits per heavy atom. The van der Waals surface area contributed by atoms with Crippen molar-refractivity contribution in [1.29, 1.82) is 0 Å². The Balaban J connectivity index is 2.07. The number of hydrogen-bond donors (Lipinski definition) is 1. The summed E-state index contributed by atoms with van der Waals surface area (Å²) in [6.45, 7) is 6.06. The van der Waals surface area contributed by atoms with Gasteiger partial charge in [0, 0.05) is 18.1 Å². The Kier molecular flexibility index (Phi) is 12.0. The Morgan fingerprint density at radius 2 is 1.59 bits per heavy atom. The summed E-state index contributed by atoms with van der Waals surface area (Å²) in [4.78, 5) is 28.8. The number of carbonyl (C=O) groups excluding carboxylic acids is 2. The first-order valence-corrected chi connectivity index (χ1v) is 15.7. The zero-order chi connectivity index (χ0) is 29.8. The van der Waals surface area contributed by atoms with Crippen LogP contribution in [-0.2, 0) is 26.2 Å². The highest BCUT2D eigenvalue weighted by Crippen LogP contribution is 2.33. The maximum Gasteiger partial charge on any atom is 0.264 e. The summed E-state index contributed by atoms with van der Waals surface area (Å²) in [6, 6.07) is 21.0. The van der Waals surface area contributed by atoms with Crippen molar-refractivity contribution < 1.29 is 22.7 Å².